The molecule has 1 aliphatic rings. The highest BCUT2D eigenvalue weighted by Gasteiger charge is 2.19. The molecule has 1 aliphatic heterocycles. The molecule has 0 radical (unpaired) electrons. The summed E-state index contributed by atoms with van der Waals surface area (Å²) >= 11 is 0. The third-order valence-electron chi connectivity index (χ3n) is 4.60. The van der Waals surface area contributed by atoms with Gasteiger partial charge < -0.3 is 14.7 Å². The van der Waals surface area contributed by atoms with Gasteiger partial charge in [-0.15, -0.1) is 0 Å². The second-order valence-corrected chi connectivity index (χ2v) is 6.34. The van der Waals surface area contributed by atoms with Crippen LogP contribution in [0.2, 0.25) is 0 Å². The number of piperazine rings is 1. The van der Waals surface area contributed by atoms with Crippen molar-refractivity contribution >= 4 is 11.9 Å². The second kappa shape index (κ2) is 8.07. The first-order chi connectivity index (χ1) is 12.2. The molecule has 0 N–H and O–H groups in total. The molecule has 0 atom stereocenters. The van der Waals surface area contributed by atoms with E-state index in [1.54, 1.807) is 24.3 Å². The zero-order valence-electron chi connectivity index (χ0n) is 14.9. The van der Waals surface area contributed by atoms with Gasteiger partial charge in [-0.2, -0.15) is 0 Å². The fourth-order valence-electron chi connectivity index (χ4n) is 3.01. The van der Waals surface area contributed by atoms with E-state index in [2.05, 4.69) is 26.7 Å². The third-order valence-corrected chi connectivity index (χ3v) is 4.60. The molecule has 2 aromatic rings. The molecule has 6 heteroatoms. The van der Waals surface area contributed by atoms with Crippen molar-refractivity contribution in [1.82, 2.24) is 19.8 Å². The number of benzene rings is 1. The summed E-state index contributed by atoms with van der Waals surface area (Å²) in [6.45, 7) is 7.74. The van der Waals surface area contributed by atoms with Crippen molar-refractivity contribution in [2.24, 2.45) is 0 Å². The van der Waals surface area contributed by atoms with Gasteiger partial charge in [0.25, 0.3) is 5.91 Å². The Hall–Kier alpha value is -2.47. The van der Waals surface area contributed by atoms with E-state index in [0.717, 1.165) is 38.3 Å². The molecular formula is C19H25N5O. The van der Waals surface area contributed by atoms with Crippen molar-refractivity contribution in [2.75, 3.05) is 44.7 Å². The summed E-state index contributed by atoms with van der Waals surface area (Å²) in [5.41, 5.74) is 1.62. The van der Waals surface area contributed by atoms with Crippen LogP contribution in [-0.4, -0.2) is 65.4 Å². The molecule has 0 spiro atoms. The van der Waals surface area contributed by atoms with Crippen molar-refractivity contribution in [2.45, 2.75) is 13.5 Å². The highest BCUT2D eigenvalue weighted by molar-refractivity contribution is 5.93. The van der Waals surface area contributed by atoms with Gasteiger partial charge in [0.1, 0.15) is 0 Å². The Bertz CT molecular complexity index is 681. The van der Waals surface area contributed by atoms with Gasteiger partial charge in [0.15, 0.2) is 0 Å². The molecule has 0 unspecified atom stereocenters. The van der Waals surface area contributed by atoms with Crippen LogP contribution in [0.25, 0.3) is 0 Å². The van der Waals surface area contributed by atoms with Gasteiger partial charge in [-0.3, -0.25) is 4.79 Å². The molecule has 6 nitrogen and oxygen atoms in total. The molecular weight excluding hydrogens is 314 g/mol. The lowest BCUT2D eigenvalue weighted by atomic mass is 10.2. The Labute approximate surface area is 149 Å². The zero-order valence-corrected chi connectivity index (χ0v) is 14.9. The van der Waals surface area contributed by atoms with Gasteiger partial charge in [0, 0.05) is 52.2 Å². The number of amides is 1. The van der Waals surface area contributed by atoms with Crippen LogP contribution in [0.4, 0.5) is 5.95 Å². The number of likely N-dealkylation sites (N-methyl/N-ethyl adjacent to an activating group) is 1. The Morgan fingerprint density at radius 1 is 1.08 bits per heavy atom. The maximum absolute atomic E-state index is 12.5. The minimum atomic E-state index is -0.0637. The summed E-state index contributed by atoms with van der Waals surface area (Å²) in [6.07, 6.45) is 3.27. The van der Waals surface area contributed by atoms with Gasteiger partial charge in [-0.05, 0) is 12.1 Å². The fourth-order valence-corrected chi connectivity index (χ4v) is 3.01. The Morgan fingerprint density at radius 2 is 1.72 bits per heavy atom. The summed E-state index contributed by atoms with van der Waals surface area (Å²) in [6, 6.07) is 9.95. The molecule has 0 aliphatic carbocycles. The van der Waals surface area contributed by atoms with Crippen LogP contribution >= 0.6 is 0 Å². The van der Waals surface area contributed by atoms with Crippen molar-refractivity contribution in [3.8, 4) is 0 Å². The lowest BCUT2D eigenvalue weighted by Crippen LogP contribution is -2.46. The molecule has 3 rings (SSSR count). The number of nitrogens with zero attached hydrogens (tertiary/aromatic N) is 5. The van der Waals surface area contributed by atoms with Crippen LogP contribution in [0, 0.1) is 0 Å². The SMILES string of the molecule is CCN1CCN(c2ncc(C(=O)N(C)Cc3ccccc3)cn2)CC1. The van der Waals surface area contributed by atoms with E-state index in [9.17, 15) is 4.79 Å². The molecule has 1 aromatic carbocycles. The number of rotatable bonds is 5. The van der Waals surface area contributed by atoms with Gasteiger partial charge >= 0.3 is 0 Å². The Balaban J connectivity index is 1.60. The summed E-state index contributed by atoms with van der Waals surface area (Å²) in [5, 5.41) is 0. The number of aromatic nitrogens is 2. The minimum absolute atomic E-state index is 0.0637. The van der Waals surface area contributed by atoms with Crippen LogP contribution in [-0.2, 0) is 6.54 Å². The molecule has 0 saturated carbocycles. The molecule has 1 fully saturated rings. The second-order valence-electron chi connectivity index (χ2n) is 6.34. The first kappa shape index (κ1) is 17.4. The van der Waals surface area contributed by atoms with Gasteiger partial charge in [-0.25, -0.2) is 9.97 Å². The first-order valence-corrected chi connectivity index (χ1v) is 8.76. The maximum Gasteiger partial charge on any atom is 0.257 e. The summed E-state index contributed by atoms with van der Waals surface area (Å²) in [5.74, 6) is 0.643. The fraction of sp³-hybridized carbons (Fsp3) is 0.421. The van der Waals surface area contributed by atoms with Crippen LogP contribution < -0.4 is 4.90 Å². The van der Waals surface area contributed by atoms with E-state index in [0.29, 0.717) is 18.1 Å². The number of carbonyl (C=O) groups is 1. The smallest absolute Gasteiger partial charge is 0.257 e. The number of hydrogen-bond donors (Lipinski definition) is 0. The van der Waals surface area contributed by atoms with E-state index >= 15 is 0 Å². The summed E-state index contributed by atoms with van der Waals surface area (Å²) in [7, 11) is 1.80. The normalized spacial score (nSPS) is 15.2. The standard InChI is InChI=1S/C19H25N5O/c1-3-23-9-11-24(12-10-23)19-20-13-17(14-21-19)18(25)22(2)15-16-7-5-4-6-8-16/h4-8,13-14H,3,9-12,15H2,1-2H3. The highest BCUT2D eigenvalue weighted by atomic mass is 16.2. The predicted octanol–water partition coefficient (Wildman–Crippen LogP) is 1.89. The van der Waals surface area contributed by atoms with E-state index in [1.165, 1.54) is 0 Å². The number of carbonyl (C=O) groups excluding carboxylic acids is 1. The lowest BCUT2D eigenvalue weighted by molar-refractivity contribution is 0.0784. The Morgan fingerprint density at radius 3 is 2.32 bits per heavy atom. The van der Waals surface area contributed by atoms with Gasteiger partial charge in [0.05, 0.1) is 5.56 Å². The van der Waals surface area contributed by atoms with Crippen molar-refractivity contribution in [3.63, 3.8) is 0 Å². The number of anilines is 1. The first-order valence-electron chi connectivity index (χ1n) is 8.76. The highest BCUT2D eigenvalue weighted by Crippen LogP contribution is 2.12. The van der Waals surface area contributed by atoms with Gasteiger partial charge in [0.2, 0.25) is 5.95 Å². The van der Waals surface area contributed by atoms with Crippen LogP contribution in [0.1, 0.15) is 22.8 Å². The van der Waals surface area contributed by atoms with E-state index < -0.39 is 0 Å². The van der Waals surface area contributed by atoms with Crippen LogP contribution in [0.3, 0.4) is 0 Å². The molecule has 1 amide bonds. The average Bonchev–Trinajstić information content (AvgIpc) is 2.68. The van der Waals surface area contributed by atoms with Crippen molar-refractivity contribution < 1.29 is 4.79 Å². The number of hydrogen-bond acceptors (Lipinski definition) is 5. The summed E-state index contributed by atoms with van der Waals surface area (Å²) in [4.78, 5) is 27.6. The Kier molecular flexibility index (Phi) is 5.60. The monoisotopic (exact) mass is 339 g/mol. The van der Waals surface area contributed by atoms with Gasteiger partial charge in [-0.1, -0.05) is 37.3 Å². The molecule has 1 aromatic heterocycles. The molecule has 132 valence electrons. The van der Waals surface area contributed by atoms with E-state index in [4.69, 9.17) is 0 Å². The van der Waals surface area contributed by atoms with E-state index in [1.807, 2.05) is 30.3 Å². The topological polar surface area (TPSA) is 52.6 Å². The minimum Gasteiger partial charge on any atom is -0.338 e. The predicted molar refractivity (Wildman–Crippen MR) is 98.6 cm³/mol. The largest absolute Gasteiger partial charge is 0.338 e. The quantitative estimate of drug-likeness (QED) is 0.833. The van der Waals surface area contributed by atoms with Crippen LogP contribution in [0.15, 0.2) is 42.7 Å². The van der Waals surface area contributed by atoms with E-state index in [-0.39, 0.29) is 5.91 Å². The molecule has 0 bridgehead atoms. The van der Waals surface area contributed by atoms with Crippen molar-refractivity contribution in [3.05, 3.63) is 53.9 Å². The van der Waals surface area contributed by atoms with Crippen LogP contribution in [0.5, 0.6) is 0 Å². The molecule has 25 heavy (non-hydrogen) atoms. The average molecular weight is 339 g/mol. The maximum atomic E-state index is 12.5. The zero-order chi connectivity index (χ0) is 17.6. The third kappa shape index (κ3) is 4.33. The lowest BCUT2D eigenvalue weighted by Gasteiger charge is -2.33. The molecule has 2 heterocycles. The summed E-state index contributed by atoms with van der Waals surface area (Å²) < 4.78 is 0. The van der Waals surface area contributed by atoms with Crippen molar-refractivity contribution in [1.29, 1.82) is 0 Å². The molecule has 1 saturated heterocycles.